The summed E-state index contributed by atoms with van der Waals surface area (Å²) in [4.78, 5) is 4.83. The van der Waals surface area contributed by atoms with Gasteiger partial charge in [0.25, 0.3) is 0 Å². The summed E-state index contributed by atoms with van der Waals surface area (Å²) < 4.78 is 13.6. The van der Waals surface area contributed by atoms with E-state index in [1.807, 2.05) is 12.1 Å². The summed E-state index contributed by atoms with van der Waals surface area (Å²) >= 11 is 0. The van der Waals surface area contributed by atoms with Gasteiger partial charge in [-0.1, -0.05) is 160 Å². The van der Waals surface area contributed by atoms with Gasteiger partial charge in [-0.05, 0) is 106 Å². The number of rotatable bonds is 10. The van der Waals surface area contributed by atoms with Crippen LogP contribution in [-0.4, -0.2) is 0 Å². The van der Waals surface area contributed by atoms with Crippen LogP contribution in [0.15, 0.2) is 203 Å². The topological polar surface area (TPSA) is 32.8 Å². The number of hydrogen-bond acceptors (Lipinski definition) is 4. The molecule has 2 heterocycles. The molecule has 2 aromatic heterocycles. The molecule has 10 aromatic carbocycles. The molecule has 12 aromatic rings. The summed E-state index contributed by atoms with van der Waals surface area (Å²) in [6, 6.07) is 70.6. The third-order valence-corrected chi connectivity index (χ3v) is 13.0. The minimum Gasteiger partial charge on any atom is -0.454 e. The summed E-state index contributed by atoms with van der Waals surface area (Å²) in [6.07, 6.45) is 4.27. The third-order valence-electron chi connectivity index (χ3n) is 13.0. The zero-order chi connectivity index (χ0) is 42.7. The lowest BCUT2D eigenvalue weighted by Gasteiger charge is -2.30. The number of benzene rings is 10. The molecule has 0 amide bonds. The molecule has 64 heavy (non-hydrogen) atoms. The highest BCUT2D eigenvalue weighted by atomic mass is 16.3. The van der Waals surface area contributed by atoms with Crippen LogP contribution in [0.4, 0.5) is 34.1 Å². The number of para-hydroxylation sites is 4. The van der Waals surface area contributed by atoms with Crippen LogP contribution < -0.4 is 9.80 Å². The van der Waals surface area contributed by atoms with Gasteiger partial charge in [-0.2, -0.15) is 0 Å². The van der Waals surface area contributed by atoms with Crippen molar-refractivity contribution in [1.29, 1.82) is 0 Å². The third kappa shape index (κ3) is 6.12. The summed E-state index contributed by atoms with van der Waals surface area (Å²) in [5, 5.41) is 11.4. The van der Waals surface area contributed by atoms with Gasteiger partial charge in [0.15, 0.2) is 11.2 Å². The Morgan fingerprint density at radius 3 is 1.08 bits per heavy atom. The first-order valence-corrected chi connectivity index (χ1v) is 22.6. The average Bonchev–Trinajstić information content (AvgIpc) is 3.93. The Labute approximate surface area is 372 Å². The van der Waals surface area contributed by atoms with Crippen LogP contribution in [0.3, 0.4) is 0 Å². The lowest BCUT2D eigenvalue weighted by Crippen LogP contribution is -2.12. The molecular formula is C60H46N2O2. The van der Waals surface area contributed by atoms with Gasteiger partial charge in [-0.25, -0.2) is 0 Å². The maximum Gasteiger partial charge on any atom is 0.159 e. The van der Waals surface area contributed by atoms with E-state index in [4.69, 9.17) is 8.83 Å². The maximum absolute atomic E-state index is 6.78. The Morgan fingerprint density at radius 2 is 0.672 bits per heavy atom. The van der Waals surface area contributed by atoms with Crippen LogP contribution in [0.5, 0.6) is 0 Å². The molecule has 0 N–H and O–H groups in total. The highest BCUT2D eigenvalue weighted by Gasteiger charge is 2.26. The first-order chi connectivity index (χ1) is 31.7. The SMILES string of the molecule is CCCc1ccc(N(c2cc3c4ccccc4c(N(c4ccc(CCC)cc4)c4cccc5c4oc4ccccc45)cc3c3ccccc23)c2cccc3c2oc2ccccc23)cc1. The van der Waals surface area contributed by atoms with Gasteiger partial charge in [0.1, 0.15) is 11.2 Å². The maximum atomic E-state index is 6.78. The van der Waals surface area contributed by atoms with Gasteiger partial charge >= 0.3 is 0 Å². The molecule has 0 aliphatic carbocycles. The van der Waals surface area contributed by atoms with Gasteiger partial charge in [0.05, 0.1) is 22.7 Å². The summed E-state index contributed by atoms with van der Waals surface area (Å²) in [6.45, 7) is 4.47. The Kier molecular flexibility index (Phi) is 9.19. The van der Waals surface area contributed by atoms with Crippen molar-refractivity contribution in [3.8, 4) is 0 Å². The molecule has 4 heteroatoms. The standard InChI is InChI=1S/C60H46N2O2/c1-3-15-39-29-33-41(34-30-39)61(53-25-13-23-49-47-21-9-11-27-57(47)63-59(49)53)55-37-51-44-18-6-8-20-46(44)56(38-52(51)43-17-5-7-19-45(43)55)62(42-35-31-40(16-4-2)32-36-42)54-26-14-24-50-48-22-10-12-28-58(48)64-60(50)54/h5-14,17-38H,3-4,15-16H2,1-2H3. The fourth-order valence-electron chi connectivity index (χ4n) is 10.1. The van der Waals surface area contributed by atoms with E-state index in [9.17, 15) is 0 Å². The Morgan fingerprint density at radius 1 is 0.312 bits per heavy atom. The molecule has 4 nitrogen and oxygen atoms in total. The summed E-state index contributed by atoms with van der Waals surface area (Å²) in [7, 11) is 0. The first-order valence-electron chi connectivity index (χ1n) is 22.6. The van der Waals surface area contributed by atoms with Gasteiger partial charge in [-0.15, -0.1) is 0 Å². The number of aryl methyl sites for hydroxylation is 2. The van der Waals surface area contributed by atoms with Crippen LogP contribution in [-0.2, 0) is 12.8 Å². The Hall–Kier alpha value is -7.82. The monoisotopic (exact) mass is 826 g/mol. The molecule has 0 saturated heterocycles. The fraction of sp³-hybridized carbons (Fsp3) is 0.100. The molecule has 0 atom stereocenters. The minimum absolute atomic E-state index is 0.867. The van der Waals surface area contributed by atoms with Crippen LogP contribution in [0, 0.1) is 0 Å². The van der Waals surface area contributed by atoms with Crippen LogP contribution in [0.1, 0.15) is 37.8 Å². The quantitative estimate of drug-likeness (QED) is 0.129. The predicted octanol–water partition coefficient (Wildman–Crippen LogP) is 17.8. The zero-order valence-corrected chi connectivity index (χ0v) is 36.0. The van der Waals surface area contributed by atoms with Crippen molar-refractivity contribution < 1.29 is 8.83 Å². The largest absolute Gasteiger partial charge is 0.454 e. The van der Waals surface area contributed by atoms with Crippen molar-refractivity contribution >= 4 is 110 Å². The van der Waals surface area contributed by atoms with Gasteiger partial charge < -0.3 is 18.6 Å². The van der Waals surface area contributed by atoms with E-state index in [-0.39, 0.29) is 0 Å². The molecule has 0 unspecified atom stereocenters. The van der Waals surface area contributed by atoms with Crippen molar-refractivity contribution in [2.45, 2.75) is 39.5 Å². The van der Waals surface area contributed by atoms with E-state index in [2.05, 4.69) is 206 Å². The van der Waals surface area contributed by atoms with Crippen molar-refractivity contribution in [1.82, 2.24) is 0 Å². The summed E-state index contributed by atoms with van der Waals surface area (Å²) in [5.41, 5.74) is 12.5. The molecule has 0 bridgehead atoms. The lowest BCUT2D eigenvalue weighted by molar-refractivity contribution is 0.669. The minimum atomic E-state index is 0.867. The van der Waals surface area contributed by atoms with Crippen LogP contribution >= 0.6 is 0 Å². The van der Waals surface area contributed by atoms with Crippen molar-refractivity contribution in [3.63, 3.8) is 0 Å². The van der Waals surface area contributed by atoms with Crippen molar-refractivity contribution in [3.05, 3.63) is 205 Å². The molecule has 0 aliphatic rings. The predicted molar refractivity (Wildman–Crippen MR) is 271 cm³/mol. The van der Waals surface area contributed by atoms with E-state index in [1.54, 1.807) is 0 Å². The molecule has 0 spiro atoms. The van der Waals surface area contributed by atoms with Crippen molar-refractivity contribution in [2.24, 2.45) is 0 Å². The van der Waals surface area contributed by atoms with Crippen LogP contribution in [0.2, 0.25) is 0 Å². The Balaban J connectivity index is 1.15. The molecule has 0 aliphatic heterocycles. The van der Waals surface area contributed by atoms with Gasteiger partial charge in [0.2, 0.25) is 0 Å². The second kappa shape index (κ2) is 15.5. The van der Waals surface area contributed by atoms with E-state index in [0.717, 1.165) is 114 Å². The van der Waals surface area contributed by atoms with Gasteiger partial charge in [-0.3, -0.25) is 0 Å². The fourth-order valence-corrected chi connectivity index (χ4v) is 10.1. The molecule has 0 radical (unpaired) electrons. The zero-order valence-electron chi connectivity index (χ0n) is 36.0. The molecular weight excluding hydrogens is 781 g/mol. The van der Waals surface area contributed by atoms with E-state index in [0.29, 0.717) is 0 Å². The highest BCUT2D eigenvalue weighted by molar-refractivity contribution is 6.25. The normalized spacial score (nSPS) is 11.8. The van der Waals surface area contributed by atoms with E-state index >= 15 is 0 Å². The smallest absolute Gasteiger partial charge is 0.159 e. The number of nitrogens with zero attached hydrogens (tertiary/aromatic N) is 2. The highest BCUT2D eigenvalue weighted by Crippen LogP contribution is 2.50. The van der Waals surface area contributed by atoms with E-state index < -0.39 is 0 Å². The molecule has 0 saturated carbocycles. The van der Waals surface area contributed by atoms with E-state index in [1.165, 1.54) is 32.7 Å². The molecule has 308 valence electrons. The number of hydrogen-bond donors (Lipinski definition) is 0. The lowest BCUT2D eigenvalue weighted by atomic mass is 9.93. The molecule has 0 fully saturated rings. The van der Waals surface area contributed by atoms with Gasteiger partial charge in [0, 0.05) is 43.7 Å². The van der Waals surface area contributed by atoms with Crippen LogP contribution in [0.25, 0.3) is 76.2 Å². The number of furan rings is 2. The average molecular weight is 827 g/mol. The number of fused-ring (bicyclic) bond motifs is 11. The summed E-state index contributed by atoms with van der Waals surface area (Å²) in [5.74, 6) is 0. The second-order valence-electron chi connectivity index (χ2n) is 17.0. The number of anilines is 6. The van der Waals surface area contributed by atoms with Crippen molar-refractivity contribution in [2.75, 3.05) is 9.80 Å². The Bertz CT molecular complexity index is 3460. The molecule has 12 rings (SSSR count). The second-order valence-corrected chi connectivity index (χ2v) is 17.0. The first kappa shape index (κ1) is 37.9.